The summed E-state index contributed by atoms with van der Waals surface area (Å²) in [6.07, 6.45) is -3.65. The molecule has 6 nitrogen and oxygen atoms in total. The van der Waals surface area contributed by atoms with Gasteiger partial charge in [0.25, 0.3) is 0 Å². The van der Waals surface area contributed by atoms with Crippen molar-refractivity contribution in [2.24, 2.45) is 4.99 Å². The molecule has 0 saturated heterocycles. The SMILES string of the molecule is COc1ccc(C2=N/C(=C\c3cccc(NC(=O)C(F)(F)F)c3)C(=O)O2)cc1. The number of anilines is 1. The third-order valence-electron chi connectivity index (χ3n) is 3.66. The molecule has 1 N–H and O–H groups in total. The zero-order chi connectivity index (χ0) is 20.3. The Morgan fingerprint density at radius 3 is 2.54 bits per heavy atom. The first kappa shape index (κ1) is 19.2. The van der Waals surface area contributed by atoms with Crippen LogP contribution in [0.2, 0.25) is 0 Å². The molecule has 0 atom stereocenters. The minimum atomic E-state index is -5.00. The lowest BCUT2D eigenvalue weighted by atomic mass is 10.1. The van der Waals surface area contributed by atoms with Crippen molar-refractivity contribution in [3.05, 3.63) is 65.4 Å². The third-order valence-corrected chi connectivity index (χ3v) is 3.66. The predicted octanol–water partition coefficient (Wildman–Crippen LogP) is 3.54. The van der Waals surface area contributed by atoms with E-state index >= 15 is 0 Å². The predicted molar refractivity (Wildman–Crippen MR) is 94.7 cm³/mol. The van der Waals surface area contributed by atoms with Gasteiger partial charge in [0.2, 0.25) is 5.90 Å². The van der Waals surface area contributed by atoms with Gasteiger partial charge in [-0.25, -0.2) is 9.79 Å². The molecule has 9 heteroatoms. The monoisotopic (exact) mass is 390 g/mol. The number of carbonyl (C=O) groups is 2. The number of amides is 1. The summed E-state index contributed by atoms with van der Waals surface area (Å²) in [6, 6.07) is 12.3. The lowest BCUT2D eigenvalue weighted by molar-refractivity contribution is -0.167. The first-order valence-electron chi connectivity index (χ1n) is 7.91. The number of benzene rings is 2. The van der Waals surface area contributed by atoms with Gasteiger partial charge in [0.05, 0.1) is 7.11 Å². The summed E-state index contributed by atoms with van der Waals surface area (Å²) in [5, 5.41) is 1.75. The van der Waals surface area contributed by atoms with Crippen LogP contribution in [0.25, 0.3) is 6.08 Å². The van der Waals surface area contributed by atoms with Gasteiger partial charge in [-0.3, -0.25) is 4.79 Å². The van der Waals surface area contributed by atoms with Gasteiger partial charge < -0.3 is 14.8 Å². The molecule has 1 amide bonds. The second kappa shape index (κ2) is 7.55. The number of alkyl halides is 3. The van der Waals surface area contributed by atoms with E-state index in [1.165, 1.54) is 31.4 Å². The Morgan fingerprint density at radius 2 is 1.89 bits per heavy atom. The molecule has 0 aliphatic carbocycles. The van der Waals surface area contributed by atoms with Crippen LogP contribution in [0.4, 0.5) is 18.9 Å². The minimum absolute atomic E-state index is 0.0230. The number of aliphatic imine (C=N–C) groups is 1. The number of hydrogen-bond donors (Lipinski definition) is 1. The summed E-state index contributed by atoms with van der Waals surface area (Å²) in [6.45, 7) is 0. The van der Waals surface area contributed by atoms with E-state index in [0.29, 0.717) is 16.9 Å². The van der Waals surface area contributed by atoms with Gasteiger partial charge in [0, 0.05) is 11.3 Å². The highest BCUT2D eigenvalue weighted by atomic mass is 19.4. The van der Waals surface area contributed by atoms with E-state index in [-0.39, 0.29) is 17.3 Å². The van der Waals surface area contributed by atoms with Crippen LogP contribution in [0.15, 0.2) is 59.2 Å². The Morgan fingerprint density at radius 1 is 1.18 bits per heavy atom. The fourth-order valence-corrected chi connectivity index (χ4v) is 2.33. The second-order valence-corrected chi connectivity index (χ2v) is 5.64. The van der Waals surface area contributed by atoms with Gasteiger partial charge in [-0.05, 0) is 48.0 Å². The number of methoxy groups -OCH3 is 1. The molecule has 1 aliphatic heterocycles. The summed E-state index contributed by atoms with van der Waals surface area (Å²) < 4.78 is 47.2. The van der Waals surface area contributed by atoms with Crippen molar-refractivity contribution in [3.8, 4) is 5.75 Å². The quantitative estimate of drug-likeness (QED) is 0.640. The lowest BCUT2D eigenvalue weighted by Crippen LogP contribution is -2.29. The molecule has 144 valence electrons. The first-order valence-corrected chi connectivity index (χ1v) is 7.91. The van der Waals surface area contributed by atoms with Gasteiger partial charge in [-0.15, -0.1) is 0 Å². The summed E-state index contributed by atoms with van der Waals surface area (Å²) in [5.41, 5.74) is 0.836. The van der Waals surface area contributed by atoms with Crippen molar-refractivity contribution in [1.82, 2.24) is 0 Å². The van der Waals surface area contributed by atoms with Crippen LogP contribution in [-0.4, -0.2) is 31.1 Å². The van der Waals surface area contributed by atoms with Crippen LogP contribution in [0, 0.1) is 0 Å². The number of nitrogens with zero attached hydrogens (tertiary/aromatic N) is 1. The number of halogens is 3. The highest BCUT2D eigenvalue weighted by Gasteiger charge is 2.38. The molecule has 1 aliphatic rings. The first-order chi connectivity index (χ1) is 13.3. The second-order valence-electron chi connectivity index (χ2n) is 5.64. The number of carbonyl (C=O) groups excluding carboxylic acids is 2. The van der Waals surface area contributed by atoms with Gasteiger partial charge in [0.1, 0.15) is 5.75 Å². The van der Waals surface area contributed by atoms with E-state index < -0.39 is 18.1 Å². The van der Waals surface area contributed by atoms with Crippen molar-refractivity contribution in [2.75, 3.05) is 12.4 Å². The van der Waals surface area contributed by atoms with Crippen LogP contribution in [0.1, 0.15) is 11.1 Å². The summed E-state index contributed by atoms with van der Waals surface area (Å²) in [7, 11) is 1.52. The number of nitrogens with one attached hydrogen (secondary N) is 1. The minimum Gasteiger partial charge on any atom is -0.497 e. The van der Waals surface area contributed by atoms with Crippen LogP contribution >= 0.6 is 0 Å². The van der Waals surface area contributed by atoms with Crippen molar-refractivity contribution >= 4 is 29.5 Å². The fraction of sp³-hybridized carbons (Fsp3) is 0.105. The smallest absolute Gasteiger partial charge is 0.471 e. The highest BCUT2D eigenvalue weighted by molar-refractivity contribution is 6.12. The molecule has 2 aromatic rings. The molecule has 0 fully saturated rings. The average Bonchev–Trinajstić information content (AvgIpc) is 3.02. The molecule has 3 rings (SSSR count). The molecule has 0 unspecified atom stereocenters. The Labute approximate surface area is 157 Å². The van der Waals surface area contributed by atoms with Crippen molar-refractivity contribution in [3.63, 3.8) is 0 Å². The van der Waals surface area contributed by atoms with E-state index in [0.717, 1.165) is 0 Å². The van der Waals surface area contributed by atoms with Crippen molar-refractivity contribution < 1.29 is 32.2 Å². The maximum Gasteiger partial charge on any atom is 0.471 e. The molecular weight excluding hydrogens is 377 g/mol. The Hall–Kier alpha value is -3.62. The topological polar surface area (TPSA) is 77.0 Å². The van der Waals surface area contributed by atoms with Gasteiger partial charge in [-0.2, -0.15) is 13.2 Å². The van der Waals surface area contributed by atoms with Gasteiger partial charge in [0.15, 0.2) is 5.70 Å². The zero-order valence-corrected chi connectivity index (χ0v) is 14.4. The molecule has 1 heterocycles. The molecule has 2 aromatic carbocycles. The Kier molecular flexibility index (Phi) is 5.16. The van der Waals surface area contributed by atoms with Crippen molar-refractivity contribution in [1.29, 1.82) is 0 Å². The van der Waals surface area contributed by atoms with Crippen LogP contribution in [0.3, 0.4) is 0 Å². The van der Waals surface area contributed by atoms with E-state index in [1.54, 1.807) is 35.6 Å². The molecule has 0 aromatic heterocycles. The van der Waals surface area contributed by atoms with E-state index in [9.17, 15) is 22.8 Å². The Balaban J connectivity index is 1.82. The molecular formula is C19H13F3N2O4. The number of rotatable bonds is 4. The number of hydrogen-bond acceptors (Lipinski definition) is 5. The van der Waals surface area contributed by atoms with E-state index in [4.69, 9.17) is 9.47 Å². The number of cyclic esters (lactones) is 1. The fourth-order valence-electron chi connectivity index (χ4n) is 2.33. The number of ether oxygens (including phenoxy) is 2. The maximum atomic E-state index is 12.4. The van der Waals surface area contributed by atoms with Gasteiger partial charge >= 0.3 is 18.1 Å². The zero-order valence-electron chi connectivity index (χ0n) is 14.4. The third kappa shape index (κ3) is 4.37. The lowest BCUT2D eigenvalue weighted by Gasteiger charge is -2.08. The summed E-state index contributed by atoms with van der Waals surface area (Å²) in [5.74, 6) is -2.06. The van der Waals surface area contributed by atoms with Crippen LogP contribution in [0.5, 0.6) is 5.75 Å². The molecule has 0 radical (unpaired) electrons. The molecule has 0 spiro atoms. The summed E-state index contributed by atoms with van der Waals surface area (Å²) >= 11 is 0. The molecule has 28 heavy (non-hydrogen) atoms. The maximum absolute atomic E-state index is 12.4. The largest absolute Gasteiger partial charge is 0.497 e. The molecule has 0 saturated carbocycles. The molecule has 0 bridgehead atoms. The summed E-state index contributed by atoms with van der Waals surface area (Å²) in [4.78, 5) is 27.2. The standard InChI is InChI=1S/C19H13F3N2O4/c1-27-14-7-5-12(6-8-14)16-24-15(17(25)28-16)10-11-3-2-4-13(9-11)23-18(26)19(20,21)22/h2-10H,1H3,(H,23,26)/b15-10-. The normalized spacial score (nSPS) is 15.2. The average molecular weight is 390 g/mol. The highest BCUT2D eigenvalue weighted by Crippen LogP contribution is 2.23. The van der Waals surface area contributed by atoms with E-state index in [1.807, 2.05) is 0 Å². The van der Waals surface area contributed by atoms with Crippen LogP contribution < -0.4 is 10.1 Å². The number of esters is 1. The van der Waals surface area contributed by atoms with Gasteiger partial charge in [-0.1, -0.05) is 12.1 Å². The van der Waals surface area contributed by atoms with Crippen LogP contribution in [-0.2, 0) is 14.3 Å². The van der Waals surface area contributed by atoms with E-state index in [2.05, 4.69) is 4.99 Å². The Bertz CT molecular complexity index is 979. The van der Waals surface area contributed by atoms with Crippen molar-refractivity contribution in [2.45, 2.75) is 6.18 Å².